The summed E-state index contributed by atoms with van der Waals surface area (Å²) in [7, 11) is 4.12. The Morgan fingerprint density at radius 1 is 1.00 bits per heavy atom. The second-order valence-electron chi connectivity index (χ2n) is 6.11. The summed E-state index contributed by atoms with van der Waals surface area (Å²) in [5, 5.41) is 4.84. The molecule has 0 saturated heterocycles. The van der Waals surface area contributed by atoms with Crippen molar-refractivity contribution in [2.24, 2.45) is 0 Å². The molecule has 0 aliphatic rings. The monoisotopic (exact) mass is 356 g/mol. The molecule has 4 nitrogen and oxygen atoms in total. The van der Waals surface area contributed by atoms with Gasteiger partial charge in [0.25, 0.3) is 0 Å². The predicted octanol–water partition coefficient (Wildman–Crippen LogP) is 4.99. The van der Waals surface area contributed by atoms with Crippen LogP contribution in [-0.2, 0) is 0 Å². The first-order valence-electron chi connectivity index (χ1n) is 8.22. The molecule has 1 aromatic heterocycles. The Bertz CT molecular complexity index is 795. The Kier molecular flexibility index (Phi) is 5.74. The Labute approximate surface area is 153 Å². The van der Waals surface area contributed by atoms with Crippen molar-refractivity contribution in [2.45, 2.75) is 6.42 Å². The van der Waals surface area contributed by atoms with Crippen LogP contribution in [0.15, 0.2) is 59.1 Å². The molecule has 2 aromatic carbocycles. The number of hydrogen-bond acceptors (Lipinski definition) is 4. The maximum absolute atomic E-state index is 5.92. The lowest BCUT2D eigenvalue weighted by Gasteiger charge is -2.10. The lowest BCUT2D eigenvalue weighted by atomic mass is 10.1. The SMILES string of the molecule is CN(C)CCCOc1ccc(-c2cc(-c3ccc(Cl)cc3)no2)cc1. The fourth-order valence-corrected chi connectivity index (χ4v) is 2.58. The summed E-state index contributed by atoms with van der Waals surface area (Å²) in [5.74, 6) is 1.59. The summed E-state index contributed by atoms with van der Waals surface area (Å²) in [6.45, 7) is 1.73. The van der Waals surface area contributed by atoms with Gasteiger partial charge in [-0.3, -0.25) is 0 Å². The fourth-order valence-electron chi connectivity index (χ4n) is 2.45. The number of hydrogen-bond donors (Lipinski definition) is 0. The minimum atomic E-state index is 0.702. The molecular formula is C20H21ClN2O2. The van der Waals surface area contributed by atoms with Crippen molar-refractivity contribution in [3.05, 3.63) is 59.6 Å². The van der Waals surface area contributed by atoms with Crippen molar-refractivity contribution >= 4 is 11.6 Å². The second-order valence-corrected chi connectivity index (χ2v) is 6.55. The predicted molar refractivity (Wildman–Crippen MR) is 101 cm³/mol. The van der Waals surface area contributed by atoms with E-state index >= 15 is 0 Å². The molecule has 0 aliphatic heterocycles. The molecular weight excluding hydrogens is 336 g/mol. The summed E-state index contributed by atoms with van der Waals surface area (Å²) >= 11 is 5.92. The molecule has 25 heavy (non-hydrogen) atoms. The Balaban J connectivity index is 1.63. The maximum atomic E-state index is 5.92. The number of nitrogens with zero attached hydrogens (tertiary/aromatic N) is 2. The average molecular weight is 357 g/mol. The van der Waals surface area contributed by atoms with Gasteiger partial charge in [0.15, 0.2) is 5.76 Å². The van der Waals surface area contributed by atoms with E-state index in [4.69, 9.17) is 20.9 Å². The molecule has 0 saturated carbocycles. The molecule has 1 heterocycles. The molecule has 0 radical (unpaired) electrons. The molecule has 0 aliphatic carbocycles. The zero-order valence-electron chi connectivity index (χ0n) is 14.4. The molecule has 0 unspecified atom stereocenters. The number of rotatable bonds is 7. The number of benzene rings is 2. The molecule has 130 valence electrons. The summed E-state index contributed by atoms with van der Waals surface area (Å²) in [6.07, 6.45) is 1.00. The zero-order chi connectivity index (χ0) is 17.6. The maximum Gasteiger partial charge on any atom is 0.167 e. The standard InChI is InChI=1S/C20H21ClN2O2/c1-23(2)12-3-13-24-18-10-6-16(7-11-18)20-14-19(22-25-20)15-4-8-17(21)9-5-15/h4-11,14H,3,12-13H2,1-2H3. The molecule has 3 aromatic rings. The fraction of sp³-hybridized carbons (Fsp3) is 0.250. The van der Waals surface area contributed by atoms with Crippen molar-refractivity contribution in [1.82, 2.24) is 10.1 Å². The van der Waals surface area contributed by atoms with Crippen LogP contribution in [-0.4, -0.2) is 37.3 Å². The normalized spacial score (nSPS) is 11.0. The highest BCUT2D eigenvalue weighted by Gasteiger charge is 2.09. The highest BCUT2D eigenvalue weighted by Crippen LogP contribution is 2.28. The van der Waals surface area contributed by atoms with Gasteiger partial charge in [0, 0.05) is 28.8 Å². The van der Waals surface area contributed by atoms with E-state index in [2.05, 4.69) is 24.2 Å². The van der Waals surface area contributed by atoms with Crippen LogP contribution in [0.3, 0.4) is 0 Å². The van der Waals surface area contributed by atoms with Crippen molar-refractivity contribution in [2.75, 3.05) is 27.2 Å². The first-order valence-corrected chi connectivity index (χ1v) is 8.60. The number of ether oxygens (including phenoxy) is 1. The van der Waals surface area contributed by atoms with E-state index in [0.29, 0.717) is 11.6 Å². The van der Waals surface area contributed by atoms with E-state index < -0.39 is 0 Å². The van der Waals surface area contributed by atoms with Gasteiger partial charge in [-0.25, -0.2) is 0 Å². The van der Waals surface area contributed by atoms with Gasteiger partial charge in [0.2, 0.25) is 0 Å². The Hall–Kier alpha value is -2.30. The van der Waals surface area contributed by atoms with Gasteiger partial charge >= 0.3 is 0 Å². The van der Waals surface area contributed by atoms with Crippen LogP contribution in [0, 0.1) is 0 Å². The minimum absolute atomic E-state index is 0.702. The van der Waals surface area contributed by atoms with Crippen LogP contribution < -0.4 is 4.74 Å². The van der Waals surface area contributed by atoms with E-state index in [-0.39, 0.29) is 0 Å². The van der Waals surface area contributed by atoms with Gasteiger partial charge in [-0.05, 0) is 56.9 Å². The third kappa shape index (κ3) is 4.84. The summed E-state index contributed by atoms with van der Waals surface area (Å²) in [4.78, 5) is 2.15. The summed E-state index contributed by atoms with van der Waals surface area (Å²) in [5.41, 5.74) is 2.73. The van der Waals surface area contributed by atoms with E-state index in [1.165, 1.54) is 0 Å². The van der Waals surface area contributed by atoms with Gasteiger partial charge in [-0.1, -0.05) is 28.9 Å². The molecule has 0 bridgehead atoms. The molecule has 0 amide bonds. The number of aromatic nitrogens is 1. The summed E-state index contributed by atoms with van der Waals surface area (Å²) in [6, 6.07) is 17.3. The van der Waals surface area contributed by atoms with Crippen molar-refractivity contribution in [1.29, 1.82) is 0 Å². The van der Waals surface area contributed by atoms with Crippen LogP contribution in [0.1, 0.15) is 6.42 Å². The molecule has 0 spiro atoms. The molecule has 0 N–H and O–H groups in total. The van der Waals surface area contributed by atoms with Crippen molar-refractivity contribution in [3.8, 4) is 28.3 Å². The van der Waals surface area contributed by atoms with Crippen LogP contribution in [0.25, 0.3) is 22.6 Å². The highest BCUT2D eigenvalue weighted by molar-refractivity contribution is 6.30. The third-order valence-corrected chi connectivity index (χ3v) is 4.06. The molecule has 0 atom stereocenters. The largest absolute Gasteiger partial charge is 0.494 e. The van der Waals surface area contributed by atoms with Gasteiger partial charge in [-0.2, -0.15) is 0 Å². The van der Waals surface area contributed by atoms with Crippen molar-refractivity contribution in [3.63, 3.8) is 0 Å². The minimum Gasteiger partial charge on any atom is -0.494 e. The van der Waals surface area contributed by atoms with E-state index in [9.17, 15) is 0 Å². The first kappa shape index (κ1) is 17.5. The lowest BCUT2D eigenvalue weighted by Crippen LogP contribution is -2.15. The molecule has 5 heteroatoms. The Morgan fingerprint density at radius 2 is 1.68 bits per heavy atom. The van der Waals surface area contributed by atoms with E-state index in [1.807, 2.05) is 54.6 Å². The highest BCUT2D eigenvalue weighted by atomic mass is 35.5. The quantitative estimate of drug-likeness (QED) is 0.559. The third-order valence-electron chi connectivity index (χ3n) is 3.81. The van der Waals surface area contributed by atoms with Gasteiger partial charge in [0.05, 0.1) is 6.61 Å². The van der Waals surface area contributed by atoms with Crippen molar-refractivity contribution < 1.29 is 9.26 Å². The second kappa shape index (κ2) is 8.19. The molecule has 3 rings (SSSR count). The smallest absolute Gasteiger partial charge is 0.167 e. The zero-order valence-corrected chi connectivity index (χ0v) is 15.2. The van der Waals surface area contributed by atoms with Crippen LogP contribution in [0.2, 0.25) is 5.02 Å². The average Bonchev–Trinajstić information content (AvgIpc) is 3.10. The van der Waals surface area contributed by atoms with Gasteiger partial charge < -0.3 is 14.2 Å². The van der Waals surface area contributed by atoms with Crippen LogP contribution in [0.4, 0.5) is 0 Å². The van der Waals surface area contributed by atoms with E-state index in [1.54, 1.807) is 0 Å². The lowest BCUT2D eigenvalue weighted by molar-refractivity contribution is 0.281. The van der Waals surface area contributed by atoms with E-state index in [0.717, 1.165) is 41.3 Å². The van der Waals surface area contributed by atoms with Crippen LogP contribution in [0.5, 0.6) is 5.75 Å². The van der Waals surface area contributed by atoms with Gasteiger partial charge in [0.1, 0.15) is 11.4 Å². The Morgan fingerprint density at radius 3 is 2.36 bits per heavy atom. The van der Waals surface area contributed by atoms with Crippen LogP contribution >= 0.6 is 11.6 Å². The molecule has 0 fully saturated rings. The topological polar surface area (TPSA) is 38.5 Å². The summed E-state index contributed by atoms with van der Waals surface area (Å²) < 4.78 is 11.2. The number of halogens is 1. The first-order chi connectivity index (χ1) is 12.1. The van der Waals surface area contributed by atoms with Gasteiger partial charge in [-0.15, -0.1) is 0 Å².